The van der Waals surface area contributed by atoms with Gasteiger partial charge < -0.3 is 10.6 Å². The molecule has 0 aliphatic carbocycles. The van der Waals surface area contributed by atoms with Gasteiger partial charge in [-0.15, -0.1) is 0 Å². The first-order chi connectivity index (χ1) is 9.29. The molecule has 0 radical (unpaired) electrons. The Morgan fingerprint density at radius 1 is 1.35 bits per heavy atom. The lowest BCUT2D eigenvalue weighted by Gasteiger charge is -2.29. The third-order valence-corrected chi connectivity index (χ3v) is 5.97. The van der Waals surface area contributed by atoms with Crippen LogP contribution in [-0.4, -0.2) is 39.5 Å². The van der Waals surface area contributed by atoms with Crippen molar-refractivity contribution in [2.24, 2.45) is 0 Å². The van der Waals surface area contributed by atoms with Gasteiger partial charge >= 0.3 is 0 Å². The van der Waals surface area contributed by atoms with Crippen molar-refractivity contribution >= 4 is 31.6 Å². The highest BCUT2D eigenvalue weighted by Gasteiger charge is 2.25. The molecule has 0 saturated carbocycles. The second-order valence-corrected chi connectivity index (χ2v) is 7.87. The van der Waals surface area contributed by atoms with Gasteiger partial charge in [-0.2, -0.15) is 0 Å². The minimum Gasteiger partial charge on any atom is -0.398 e. The van der Waals surface area contributed by atoms with E-state index in [-0.39, 0.29) is 10.9 Å². The van der Waals surface area contributed by atoms with Crippen LogP contribution in [0.15, 0.2) is 21.5 Å². The zero-order valence-electron chi connectivity index (χ0n) is 11.7. The van der Waals surface area contributed by atoms with E-state index in [1.54, 1.807) is 13.0 Å². The summed E-state index contributed by atoms with van der Waals surface area (Å²) in [5, 5.41) is 0. The van der Waals surface area contributed by atoms with Crippen molar-refractivity contribution in [1.82, 2.24) is 9.62 Å². The molecule has 0 amide bonds. The monoisotopic (exact) mass is 361 g/mol. The SMILES string of the molecule is Cc1cc(Br)c(N)cc1S(=O)(=O)NC1CCN(C)CC1. The molecule has 1 aromatic rings. The third-order valence-electron chi connectivity index (χ3n) is 3.62. The molecule has 2 rings (SSSR count). The maximum atomic E-state index is 12.5. The number of anilines is 1. The van der Waals surface area contributed by atoms with E-state index >= 15 is 0 Å². The molecule has 1 aliphatic heterocycles. The topological polar surface area (TPSA) is 75.4 Å². The maximum absolute atomic E-state index is 12.5. The lowest BCUT2D eigenvalue weighted by molar-refractivity contribution is 0.248. The first-order valence-electron chi connectivity index (χ1n) is 6.56. The van der Waals surface area contributed by atoms with Crippen LogP contribution in [0.4, 0.5) is 5.69 Å². The molecular weight excluding hydrogens is 342 g/mol. The normalized spacial score (nSPS) is 18.4. The van der Waals surface area contributed by atoms with Crippen molar-refractivity contribution in [2.45, 2.75) is 30.7 Å². The van der Waals surface area contributed by atoms with Gasteiger partial charge in [0.05, 0.1) is 4.90 Å². The van der Waals surface area contributed by atoms with Crippen LogP contribution in [0.3, 0.4) is 0 Å². The van der Waals surface area contributed by atoms with Crippen molar-refractivity contribution < 1.29 is 8.42 Å². The molecule has 112 valence electrons. The molecule has 0 spiro atoms. The van der Waals surface area contributed by atoms with E-state index in [2.05, 4.69) is 25.6 Å². The van der Waals surface area contributed by atoms with E-state index in [1.165, 1.54) is 6.07 Å². The van der Waals surface area contributed by atoms with Crippen molar-refractivity contribution in [3.63, 3.8) is 0 Å². The fourth-order valence-corrected chi connectivity index (χ4v) is 4.39. The van der Waals surface area contributed by atoms with E-state index in [0.717, 1.165) is 25.9 Å². The number of rotatable bonds is 3. The summed E-state index contributed by atoms with van der Waals surface area (Å²) in [5.74, 6) is 0. The van der Waals surface area contributed by atoms with Crippen molar-refractivity contribution in [1.29, 1.82) is 0 Å². The highest BCUT2D eigenvalue weighted by Crippen LogP contribution is 2.27. The van der Waals surface area contributed by atoms with Gasteiger partial charge in [0.15, 0.2) is 0 Å². The second kappa shape index (κ2) is 6.01. The van der Waals surface area contributed by atoms with Gasteiger partial charge in [0.2, 0.25) is 10.0 Å². The summed E-state index contributed by atoms with van der Waals surface area (Å²) in [4.78, 5) is 2.46. The molecule has 0 bridgehead atoms. The first kappa shape index (κ1) is 15.8. The van der Waals surface area contributed by atoms with E-state index in [1.807, 2.05) is 7.05 Å². The molecule has 0 unspecified atom stereocenters. The van der Waals surface area contributed by atoms with Gasteiger partial charge in [0, 0.05) is 16.2 Å². The van der Waals surface area contributed by atoms with Gasteiger partial charge in [-0.05, 0) is 73.5 Å². The second-order valence-electron chi connectivity index (χ2n) is 5.34. The van der Waals surface area contributed by atoms with E-state index in [9.17, 15) is 8.42 Å². The van der Waals surface area contributed by atoms with Crippen molar-refractivity contribution in [2.75, 3.05) is 25.9 Å². The Bertz CT molecular complexity index is 596. The molecule has 7 heteroatoms. The highest BCUT2D eigenvalue weighted by molar-refractivity contribution is 9.10. The number of nitrogens with two attached hydrogens (primary N) is 1. The highest BCUT2D eigenvalue weighted by atomic mass is 79.9. The molecular formula is C13H20BrN3O2S. The van der Waals surface area contributed by atoms with Gasteiger partial charge in [-0.1, -0.05) is 0 Å². The standard InChI is InChI=1S/C13H20BrN3O2S/c1-9-7-11(14)12(15)8-13(9)20(18,19)16-10-3-5-17(2)6-4-10/h7-8,10,16H,3-6,15H2,1-2H3. The minimum absolute atomic E-state index is 0.000436. The average molecular weight is 362 g/mol. The van der Waals surface area contributed by atoms with Gasteiger partial charge in [0.25, 0.3) is 0 Å². The number of hydrogen-bond acceptors (Lipinski definition) is 4. The number of nitrogens with one attached hydrogen (secondary N) is 1. The number of halogens is 1. The predicted octanol–water partition coefficient (Wildman–Crippen LogP) is 1.71. The molecule has 3 N–H and O–H groups in total. The number of aryl methyl sites for hydroxylation is 1. The number of nitrogens with zero attached hydrogens (tertiary/aromatic N) is 1. The summed E-state index contributed by atoms with van der Waals surface area (Å²) in [7, 11) is -1.47. The molecule has 1 aromatic carbocycles. The van der Waals surface area contributed by atoms with Crippen molar-refractivity contribution in [3.05, 3.63) is 22.2 Å². The van der Waals surface area contributed by atoms with E-state index < -0.39 is 10.0 Å². The fourth-order valence-electron chi connectivity index (χ4n) is 2.37. The van der Waals surface area contributed by atoms with Crippen LogP contribution in [0.1, 0.15) is 18.4 Å². The van der Waals surface area contributed by atoms with Crippen LogP contribution < -0.4 is 10.5 Å². The number of sulfonamides is 1. The Morgan fingerprint density at radius 3 is 2.55 bits per heavy atom. The molecule has 1 aliphatic rings. The summed E-state index contributed by atoms with van der Waals surface area (Å²) >= 11 is 3.31. The third kappa shape index (κ3) is 3.52. The van der Waals surface area contributed by atoms with Crippen LogP contribution >= 0.6 is 15.9 Å². The Hall–Kier alpha value is -0.630. The summed E-state index contributed by atoms with van der Waals surface area (Å²) in [5.41, 5.74) is 6.91. The number of nitrogen functional groups attached to an aromatic ring is 1. The molecule has 1 fully saturated rings. The summed E-state index contributed by atoms with van der Waals surface area (Å²) < 4.78 is 28.5. The summed E-state index contributed by atoms with van der Waals surface area (Å²) in [6, 6.07) is 3.25. The Labute approximate surface area is 128 Å². The molecule has 1 heterocycles. The lowest BCUT2D eigenvalue weighted by atomic mass is 10.1. The largest absolute Gasteiger partial charge is 0.398 e. The van der Waals surface area contributed by atoms with Crippen LogP contribution in [-0.2, 0) is 10.0 Å². The van der Waals surface area contributed by atoms with E-state index in [0.29, 0.717) is 15.7 Å². The number of piperidine rings is 1. The molecule has 0 aromatic heterocycles. The van der Waals surface area contributed by atoms with Crippen molar-refractivity contribution in [3.8, 4) is 0 Å². The van der Waals surface area contributed by atoms with Gasteiger partial charge in [-0.3, -0.25) is 0 Å². The zero-order chi connectivity index (χ0) is 14.9. The Balaban J connectivity index is 2.20. The van der Waals surface area contributed by atoms with E-state index in [4.69, 9.17) is 5.73 Å². The van der Waals surface area contributed by atoms with Gasteiger partial charge in [-0.25, -0.2) is 13.1 Å². The predicted molar refractivity (Wildman–Crippen MR) is 84.1 cm³/mol. The smallest absolute Gasteiger partial charge is 0.241 e. The summed E-state index contributed by atoms with van der Waals surface area (Å²) in [6.45, 7) is 3.59. The first-order valence-corrected chi connectivity index (χ1v) is 8.83. The van der Waals surface area contributed by atoms with Gasteiger partial charge in [0.1, 0.15) is 0 Å². The number of benzene rings is 1. The van der Waals surface area contributed by atoms with Crippen LogP contribution in [0.5, 0.6) is 0 Å². The maximum Gasteiger partial charge on any atom is 0.241 e. The number of likely N-dealkylation sites (tertiary alicyclic amines) is 1. The quantitative estimate of drug-likeness (QED) is 0.803. The lowest BCUT2D eigenvalue weighted by Crippen LogP contribution is -2.43. The Kier molecular flexibility index (Phi) is 4.73. The average Bonchev–Trinajstić information content (AvgIpc) is 2.36. The molecule has 20 heavy (non-hydrogen) atoms. The molecule has 5 nitrogen and oxygen atoms in total. The molecule has 1 saturated heterocycles. The number of hydrogen-bond donors (Lipinski definition) is 2. The van der Waals surface area contributed by atoms with Crippen LogP contribution in [0.2, 0.25) is 0 Å². The fraction of sp³-hybridized carbons (Fsp3) is 0.538. The van der Waals surface area contributed by atoms with Crippen LogP contribution in [0, 0.1) is 6.92 Å². The van der Waals surface area contributed by atoms with Crippen LogP contribution in [0.25, 0.3) is 0 Å². The summed E-state index contributed by atoms with van der Waals surface area (Å²) in [6.07, 6.45) is 1.67. The zero-order valence-corrected chi connectivity index (χ0v) is 14.1. The molecule has 0 atom stereocenters. The minimum atomic E-state index is -3.52. The Morgan fingerprint density at radius 2 is 1.95 bits per heavy atom.